The van der Waals surface area contributed by atoms with Crippen molar-refractivity contribution >= 4 is 34.0 Å². The summed E-state index contributed by atoms with van der Waals surface area (Å²) in [6.07, 6.45) is -96.7. The molecule has 9 rings (SSSR count). The molecule has 0 bridgehead atoms. The van der Waals surface area contributed by atoms with Crippen LogP contribution in [0, 0.1) is 0 Å². The minimum atomic E-state index is -5.45. The first kappa shape index (κ1) is 106. The van der Waals surface area contributed by atoms with E-state index in [1.54, 1.807) is 0 Å². The fraction of sp³-hybridized carbons (Fsp3) is 0.941. The van der Waals surface area contributed by atoms with E-state index in [-0.39, 0.29) is 0 Å². The zero-order valence-electron chi connectivity index (χ0n) is 67.5. The maximum Gasteiger partial charge on any atom is 0.397 e. The number of aliphatic hydroxyl groups is 27. The van der Waals surface area contributed by atoms with E-state index in [9.17, 15) is 170 Å². The third kappa shape index (κ3) is 24.7. The van der Waals surface area contributed by atoms with Gasteiger partial charge in [-0.1, -0.05) is 0 Å². The summed E-state index contributed by atoms with van der Waals surface area (Å²) in [7, 11) is -5.45. The minimum Gasteiger partial charge on any atom is -0.394 e. The van der Waals surface area contributed by atoms with E-state index in [1.807, 2.05) is 0 Å². The molecule has 0 saturated carbocycles. The van der Waals surface area contributed by atoms with E-state index in [1.165, 1.54) is 6.92 Å². The van der Waals surface area contributed by atoms with Crippen molar-refractivity contribution in [2.75, 3.05) is 66.1 Å². The lowest BCUT2D eigenvalue weighted by molar-refractivity contribution is -0.397. The van der Waals surface area contributed by atoms with Crippen molar-refractivity contribution in [3.8, 4) is 0 Å². The first-order valence-electron chi connectivity index (χ1n) is 39.6. The van der Waals surface area contributed by atoms with Gasteiger partial charge in [0.2, 0.25) is 23.6 Å². The summed E-state index contributed by atoms with van der Waals surface area (Å²) in [6.45, 7) is -6.60. The number of hydrogen-bond acceptors (Lipinski definition) is 52. The quantitative estimate of drug-likeness (QED) is 0.0257. The molecule has 0 aliphatic carbocycles. The van der Waals surface area contributed by atoms with Crippen LogP contribution in [0.15, 0.2) is 0 Å². The highest BCUT2D eigenvalue weighted by atomic mass is 32.3. The van der Waals surface area contributed by atoms with Gasteiger partial charge in [0.25, 0.3) is 0 Å². The van der Waals surface area contributed by atoms with Gasteiger partial charge in [-0.25, -0.2) is 4.18 Å². The average Bonchev–Trinajstić information content (AvgIpc) is 0.763. The fourth-order valence-electron chi connectivity index (χ4n) is 15.5. The van der Waals surface area contributed by atoms with Gasteiger partial charge in [0.1, 0.15) is 232 Å². The first-order valence-corrected chi connectivity index (χ1v) is 40.9. The number of carbonyl (C=O) groups is 4. The molecular weight excluding hydrogens is 1750 g/mol. The van der Waals surface area contributed by atoms with E-state index in [2.05, 4.69) is 25.5 Å². The summed E-state index contributed by atoms with van der Waals surface area (Å²) < 4.78 is 143. The predicted octanol–water partition coefficient (Wildman–Crippen LogP) is -21.7. The maximum atomic E-state index is 13.2. The summed E-state index contributed by atoms with van der Waals surface area (Å²) in [4.78, 5) is 51.2. The largest absolute Gasteiger partial charge is 0.397 e. The lowest BCUT2D eigenvalue weighted by atomic mass is 9.94. The van der Waals surface area contributed by atoms with Crippen LogP contribution in [0.3, 0.4) is 0 Å². The molecule has 0 aromatic carbocycles. The van der Waals surface area contributed by atoms with Crippen molar-refractivity contribution in [2.45, 2.75) is 335 Å². The molecule has 9 aliphatic rings. The number of ether oxygens (including phenoxy) is 18. The van der Waals surface area contributed by atoms with Gasteiger partial charge in [0, 0.05) is 27.7 Å². The molecule has 0 unspecified atom stereocenters. The van der Waals surface area contributed by atoms with Crippen LogP contribution >= 0.6 is 0 Å². The second-order valence-electron chi connectivity index (χ2n) is 31.3. The number of carbonyl (C=O) groups excluding carboxylic acids is 4. The number of rotatable bonds is 37. The van der Waals surface area contributed by atoms with Crippen LogP contribution in [-0.2, 0) is 119 Å². The Hall–Kier alpha value is -4.05. The topological polar surface area (TPSA) is 892 Å². The minimum absolute atomic E-state index is 0.875. The average molecular weight is 1870 g/mol. The molecule has 732 valence electrons. The molecule has 49 atom stereocenters. The van der Waals surface area contributed by atoms with E-state index in [0.717, 1.165) is 27.7 Å². The molecule has 9 saturated heterocycles. The van der Waals surface area contributed by atoms with Gasteiger partial charge in [0.05, 0.1) is 78.2 Å². The Morgan fingerprint density at radius 1 is 0.333 bits per heavy atom. The standard InChI is InChI=1S/C68H116N4O53S/c1-16-34(85)44(95)48(99)63(110-16)107-13-22(84)53(35(86)21(6-73)69-17(2)80)119-60-31(70-18(3)81)42(93)55(27(11-78)114-60)121-67-52(103)58(40(91)30(118-67)15-109-65-51(102)57(39(90)25(9-76)112-65)122-66-50(101)46(97)38(89)29(117-66)14-108-64-49(100)45(96)36(87)23(7-74)111-64)123-68-59(47(98)37(88)24(8-75)113-68)124-62-32(71-19(4)82)41(92)54(26(10-77)115-62)120-61-33(72-20(5)83)43(94)56(28(12-79)116-61)125-126(104,105)106/h16,21-68,73-79,84-103H,6-15H2,1-5H3,(H,69,80)(H,70,81)(H,71,82)(H,72,83)(H,104,105,106)/t16-,21-,22+,23+,24+,25+,26+,27+,28+,29+,30+,31+,32+,33+,34+,35+,36+,37+,38+,39+,40+,41+,42+,43+,44+,45-,46-,47-,48-,49-,50-,51-,52-,53+,54+,55+,56-,57-,58-,59-,60-,61-,62-,63+,64-,65-,66+,67-,68+/m0/s1. The number of hydrogen-bond donors (Lipinski definition) is 32. The molecule has 0 spiro atoms. The zero-order chi connectivity index (χ0) is 93.4. The molecule has 32 N–H and O–H groups in total. The van der Waals surface area contributed by atoms with Gasteiger partial charge in [0.15, 0.2) is 56.6 Å². The molecular formula is C68H116N4O53S. The number of nitrogens with one attached hydrogen (secondary N) is 4. The zero-order valence-corrected chi connectivity index (χ0v) is 68.3. The van der Waals surface area contributed by atoms with Crippen molar-refractivity contribution < 1.29 is 259 Å². The highest BCUT2D eigenvalue weighted by molar-refractivity contribution is 7.80. The molecule has 9 fully saturated rings. The molecule has 0 radical (unpaired) electrons. The van der Waals surface area contributed by atoms with Gasteiger partial charge in [-0.05, 0) is 6.92 Å². The van der Waals surface area contributed by atoms with Crippen molar-refractivity contribution in [1.82, 2.24) is 21.3 Å². The number of amides is 4. The lowest BCUT2D eigenvalue weighted by Gasteiger charge is -2.51. The van der Waals surface area contributed by atoms with E-state index >= 15 is 0 Å². The SMILES string of the molecule is CC(=O)N[C@H]1[C@H](O[C@H]2[C@H](O)[C@@H](NC(C)=O)[C@H](O[C@@H]3[C@@H](O[C@@H]4[C@H](O)[C@H](O[C@H]5[C@H](O)[C@@H](NC(C)=O)[C@H](O[C@@H]([C@H](O)[C@H](CO)NC(C)=O)[C@H](O)CO[C@@H]6O[C@@H](C)[C@@H](O)[C@@H](O)[C@@H]6O)O[C@@H]5CO)O[C@H](CO[C@H]5O[C@H](CO)[C@@H](O)[C@H](O[C@H]6O[C@H](CO[C@H]7O[C@H](CO)[C@@H](O)[C@H](O)[C@@H]7O)[C@@H](O)[C@H](O)[C@@H]6O)[C@@H]5O)[C@H]4O)O[C@H](CO)[C@@H](O)[C@@H]3O)O[C@@H]2CO)O[C@H](CO)[C@H](OS(=O)(=O)O)[C@@H]1O. The molecule has 9 aliphatic heterocycles. The number of aliphatic hydroxyl groups excluding tert-OH is 27. The molecule has 0 aromatic rings. The Morgan fingerprint density at radius 2 is 0.667 bits per heavy atom. The van der Waals surface area contributed by atoms with Gasteiger partial charge >= 0.3 is 10.4 Å². The molecule has 57 nitrogen and oxygen atoms in total. The van der Waals surface area contributed by atoms with Crippen molar-refractivity contribution in [3.63, 3.8) is 0 Å². The Labute approximate surface area is 713 Å². The third-order valence-electron chi connectivity index (χ3n) is 22.3. The van der Waals surface area contributed by atoms with Crippen molar-refractivity contribution in [3.05, 3.63) is 0 Å². The summed E-state index contributed by atoms with van der Waals surface area (Å²) >= 11 is 0. The highest BCUT2D eigenvalue weighted by Gasteiger charge is 2.61. The van der Waals surface area contributed by atoms with Crippen molar-refractivity contribution in [2.24, 2.45) is 0 Å². The molecule has 9 heterocycles. The smallest absolute Gasteiger partial charge is 0.394 e. The Bertz CT molecular complexity index is 3510. The van der Waals surface area contributed by atoms with Crippen LogP contribution in [0.5, 0.6) is 0 Å². The van der Waals surface area contributed by atoms with Crippen LogP contribution < -0.4 is 21.3 Å². The van der Waals surface area contributed by atoms with Crippen LogP contribution in [0.4, 0.5) is 0 Å². The summed E-state index contributed by atoms with van der Waals surface area (Å²) in [5, 5.41) is 311. The van der Waals surface area contributed by atoms with Gasteiger partial charge in [-0.2, -0.15) is 8.42 Å². The summed E-state index contributed by atoms with van der Waals surface area (Å²) in [6, 6.07) is -7.90. The second-order valence-corrected chi connectivity index (χ2v) is 32.3. The maximum absolute atomic E-state index is 13.2. The molecule has 0 aromatic heterocycles. The first-order chi connectivity index (χ1) is 59.3. The van der Waals surface area contributed by atoms with Crippen LogP contribution in [0.1, 0.15) is 34.6 Å². The lowest BCUT2D eigenvalue weighted by Crippen LogP contribution is -2.71. The molecule has 58 heteroatoms. The summed E-state index contributed by atoms with van der Waals surface area (Å²) in [5.41, 5.74) is 0. The van der Waals surface area contributed by atoms with Crippen LogP contribution in [0.25, 0.3) is 0 Å². The highest BCUT2D eigenvalue weighted by Crippen LogP contribution is 2.40. The van der Waals surface area contributed by atoms with Crippen LogP contribution in [-0.4, -0.2) is 541 Å². The van der Waals surface area contributed by atoms with Gasteiger partial charge in [-0.3, -0.25) is 23.7 Å². The van der Waals surface area contributed by atoms with E-state index in [4.69, 9.17) is 85.3 Å². The summed E-state index contributed by atoms with van der Waals surface area (Å²) in [5.74, 6) is -3.94. The molecule has 4 amide bonds. The Kier molecular flexibility index (Phi) is 38.8. The Morgan fingerprint density at radius 3 is 1.13 bits per heavy atom. The van der Waals surface area contributed by atoms with Gasteiger partial charge < -0.3 is 244 Å². The van der Waals surface area contributed by atoms with E-state index in [0.29, 0.717) is 0 Å². The monoisotopic (exact) mass is 1870 g/mol. The second kappa shape index (κ2) is 46.3. The predicted molar refractivity (Wildman–Crippen MR) is 387 cm³/mol. The normalized spacial score (nSPS) is 46.0. The van der Waals surface area contributed by atoms with Crippen molar-refractivity contribution in [1.29, 1.82) is 0 Å². The third-order valence-corrected chi connectivity index (χ3v) is 22.7. The Balaban J connectivity index is 1.04. The fourth-order valence-corrected chi connectivity index (χ4v) is 16.1. The van der Waals surface area contributed by atoms with Crippen LogP contribution in [0.2, 0.25) is 0 Å². The van der Waals surface area contributed by atoms with Gasteiger partial charge in [-0.15, -0.1) is 0 Å². The van der Waals surface area contributed by atoms with E-state index < -0.39 is 401 Å². The molecule has 126 heavy (non-hydrogen) atoms.